The van der Waals surface area contributed by atoms with Crippen LogP contribution in [0.15, 0.2) is 42.5 Å². The molecule has 0 radical (unpaired) electrons. The molecule has 0 unspecified atom stereocenters. The Balaban J connectivity index is 1.67. The largest absolute Gasteiger partial charge is 0.485 e. The lowest BCUT2D eigenvalue weighted by molar-refractivity contribution is -0.118. The van der Waals surface area contributed by atoms with E-state index < -0.39 is 0 Å². The number of nitriles is 1. The number of ether oxygens (including phenoxy) is 2. The van der Waals surface area contributed by atoms with Gasteiger partial charge in [0.25, 0.3) is 5.91 Å². The number of nitrogens with one attached hydrogen (secondary N) is 1. The summed E-state index contributed by atoms with van der Waals surface area (Å²) >= 11 is 0. The molecule has 1 aliphatic heterocycles. The highest BCUT2D eigenvalue weighted by molar-refractivity contribution is 6.01. The Morgan fingerprint density at radius 1 is 1.26 bits per heavy atom. The van der Waals surface area contributed by atoms with Crippen molar-refractivity contribution in [1.82, 2.24) is 0 Å². The van der Waals surface area contributed by atoms with Crippen LogP contribution in [0.2, 0.25) is 0 Å². The van der Waals surface area contributed by atoms with E-state index in [9.17, 15) is 9.59 Å². The zero-order valence-corrected chi connectivity index (χ0v) is 12.0. The molecule has 0 atom stereocenters. The first-order valence-electron chi connectivity index (χ1n) is 6.88. The monoisotopic (exact) mass is 308 g/mol. The van der Waals surface area contributed by atoms with Crippen molar-refractivity contribution >= 4 is 17.4 Å². The Kier molecular flexibility index (Phi) is 3.93. The number of benzene rings is 2. The Morgan fingerprint density at radius 2 is 2.04 bits per heavy atom. The molecule has 2 aromatic rings. The topological polar surface area (TPSA) is 88.4 Å². The van der Waals surface area contributed by atoms with Crippen LogP contribution in [0, 0.1) is 11.3 Å². The van der Waals surface area contributed by atoms with E-state index in [1.54, 1.807) is 42.5 Å². The maximum atomic E-state index is 12.2. The minimum Gasteiger partial charge on any atom is -0.485 e. The van der Waals surface area contributed by atoms with Gasteiger partial charge in [-0.15, -0.1) is 0 Å². The fourth-order valence-electron chi connectivity index (χ4n) is 2.11. The van der Waals surface area contributed by atoms with Crippen LogP contribution in [0.1, 0.15) is 15.9 Å². The predicted molar refractivity (Wildman–Crippen MR) is 81.5 cm³/mol. The van der Waals surface area contributed by atoms with Crippen LogP contribution in [0.3, 0.4) is 0 Å². The van der Waals surface area contributed by atoms with Gasteiger partial charge in [0, 0.05) is 5.56 Å². The van der Waals surface area contributed by atoms with Crippen molar-refractivity contribution in [2.24, 2.45) is 0 Å². The second-order valence-corrected chi connectivity index (χ2v) is 4.90. The van der Waals surface area contributed by atoms with Gasteiger partial charge < -0.3 is 14.8 Å². The number of Topliss-reactive ketones (excluding diaryl/α,β-unsaturated/α-hetero) is 1. The Labute approximate surface area is 132 Å². The van der Waals surface area contributed by atoms with Crippen LogP contribution in [0.4, 0.5) is 5.69 Å². The summed E-state index contributed by atoms with van der Waals surface area (Å²) in [6.45, 7) is -0.165. The second-order valence-electron chi connectivity index (χ2n) is 4.90. The number of amides is 1. The molecule has 3 rings (SSSR count). The molecule has 1 aliphatic rings. The number of rotatable bonds is 4. The highest BCUT2D eigenvalue weighted by Gasteiger charge is 2.18. The molecular formula is C17H12N2O4. The number of ketones is 1. The van der Waals surface area contributed by atoms with E-state index in [1.165, 1.54) is 0 Å². The van der Waals surface area contributed by atoms with Gasteiger partial charge in [0.1, 0.15) is 11.5 Å². The number of hydrogen-bond donors (Lipinski definition) is 1. The van der Waals surface area contributed by atoms with Crippen molar-refractivity contribution in [3.8, 4) is 17.6 Å². The van der Waals surface area contributed by atoms with E-state index in [-0.39, 0.29) is 24.9 Å². The molecule has 0 fully saturated rings. The second kappa shape index (κ2) is 6.20. The summed E-state index contributed by atoms with van der Waals surface area (Å²) in [4.78, 5) is 23.5. The average Bonchev–Trinajstić information content (AvgIpc) is 2.59. The van der Waals surface area contributed by atoms with Gasteiger partial charge in [-0.1, -0.05) is 0 Å². The van der Waals surface area contributed by atoms with Crippen molar-refractivity contribution in [3.05, 3.63) is 53.6 Å². The van der Waals surface area contributed by atoms with Gasteiger partial charge in [-0.05, 0) is 42.5 Å². The first-order chi connectivity index (χ1) is 11.2. The summed E-state index contributed by atoms with van der Waals surface area (Å²) in [6, 6.07) is 13.3. The maximum Gasteiger partial charge on any atom is 0.262 e. The molecule has 0 spiro atoms. The molecule has 0 saturated heterocycles. The number of fused-ring (bicyclic) bond motifs is 1. The van der Waals surface area contributed by atoms with Crippen LogP contribution in [-0.2, 0) is 4.79 Å². The third kappa shape index (κ3) is 3.30. The van der Waals surface area contributed by atoms with Gasteiger partial charge in [-0.3, -0.25) is 9.59 Å². The van der Waals surface area contributed by atoms with Crippen LogP contribution < -0.4 is 14.8 Å². The molecule has 1 N–H and O–H groups in total. The molecule has 1 amide bonds. The zero-order valence-electron chi connectivity index (χ0n) is 12.0. The molecule has 23 heavy (non-hydrogen) atoms. The van der Waals surface area contributed by atoms with E-state index >= 15 is 0 Å². The minimum absolute atomic E-state index is 0.0257. The number of nitrogens with zero attached hydrogens (tertiary/aromatic N) is 1. The van der Waals surface area contributed by atoms with Crippen LogP contribution >= 0.6 is 0 Å². The third-order valence-electron chi connectivity index (χ3n) is 3.29. The summed E-state index contributed by atoms with van der Waals surface area (Å²) < 4.78 is 10.6. The van der Waals surface area contributed by atoms with Gasteiger partial charge in [0.05, 0.1) is 17.3 Å². The van der Waals surface area contributed by atoms with Gasteiger partial charge in [-0.2, -0.15) is 5.26 Å². The Bertz CT molecular complexity index is 806. The lowest BCUT2D eigenvalue weighted by atomic mass is 10.1. The molecular weight excluding hydrogens is 296 g/mol. The summed E-state index contributed by atoms with van der Waals surface area (Å²) in [7, 11) is 0. The van der Waals surface area contributed by atoms with E-state index in [2.05, 4.69) is 5.32 Å². The van der Waals surface area contributed by atoms with Crippen molar-refractivity contribution in [2.45, 2.75) is 0 Å². The van der Waals surface area contributed by atoms with E-state index in [0.717, 1.165) is 0 Å². The molecule has 0 aliphatic carbocycles. The molecule has 114 valence electrons. The summed E-state index contributed by atoms with van der Waals surface area (Å²) in [5.41, 5.74) is 1.42. The fraction of sp³-hybridized carbons (Fsp3) is 0.118. The summed E-state index contributed by atoms with van der Waals surface area (Å²) in [6.07, 6.45) is 0. The minimum atomic E-state index is -0.254. The number of carbonyl (C=O) groups is 2. The molecule has 1 heterocycles. The fourth-order valence-corrected chi connectivity index (χ4v) is 2.11. The number of carbonyl (C=O) groups excluding carboxylic acids is 2. The highest BCUT2D eigenvalue weighted by Crippen LogP contribution is 2.28. The van der Waals surface area contributed by atoms with Gasteiger partial charge in [0.15, 0.2) is 19.0 Å². The number of anilines is 1. The van der Waals surface area contributed by atoms with Crippen molar-refractivity contribution in [3.63, 3.8) is 0 Å². The van der Waals surface area contributed by atoms with Crippen LogP contribution in [-0.4, -0.2) is 24.9 Å². The smallest absolute Gasteiger partial charge is 0.262 e. The first kappa shape index (κ1) is 14.6. The third-order valence-corrected chi connectivity index (χ3v) is 3.29. The molecule has 6 nitrogen and oxygen atoms in total. The summed E-state index contributed by atoms with van der Waals surface area (Å²) in [5.74, 6) is 0.564. The molecule has 0 saturated carbocycles. The molecule has 6 heteroatoms. The lowest BCUT2D eigenvalue weighted by Gasteiger charge is -2.18. The SMILES string of the molecule is N#Cc1ccc(OCC(=O)c2ccc3c(c2)NC(=O)CO3)cc1. The first-order valence-corrected chi connectivity index (χ1v) is 6.88. The molecule has 2 aromatic carbocycles. The standard InChI is InChI=1S/C17H12N2O4/c18-8-11-1-4-13(5-2-11)22-9-15(20)12-3-6-16-14(7-12)19-17(21)10-23-16/h1-7H,9-10H2,(H,19,21). The van der Waals surface area contributed by atoms with E-state index in [4.69, 9.17) is 14.7 Å². The zero-order chi connectivity index (χ0) is 16.2. The Morgan fingerprint density at radius 3 is 2.78 bits per heavy atom. The molecule has 0 aromatic heterocycles. The number of hydrogen-bond acceptors (Lipinski definition) is 5. The summed E-state index contributed by atoms with van der Waals surface area (Å²) in [5, 5.41) is 11.4. The molecule has 0 bridgehead atoms. The van der Waals surface area contributed by atoms with E-state index in [1.807, 2.05) is 6.07 Å². The van der Waals surface area contributed by atoms with Crippen molar-refractivity contribution < 1.29 is 19.1 Å². The van der Waals surface area contributed by atoms with Crippen LogP contribution in [0.5, 0.6) is 11.5 Å². The normalized spacial score (nSPS) is 12.4. The van der Waals surface area contributed by atoms with Gasteiger partial charge in [-0.25, -0.2) is 0 Å². The van der Waals surface area contributed by atoms with Gasteiger partial charge >= 0.3 is 0 Å². The average molecular weight is 308 g/mol. The quantitative estimate of drug-likeness (QED) is 0.874. The maximum absolute atomic E-state index is 12.2. The van der Waals surface area contributed by atoms with Gasteiger partial charge in [0.2, 0.25) is 0 Å². The van der Waals surface area contributed by atoms with Crippen molar-refractivity contribution in [1.29, 1.82) is 5.26 Å². The Hall–Kier alpha value is -3.33. The van der Waals surface area contributed by atoms with E-state index in [0.29, 0.717) is 28.3 Å². The van der Waals surface area contributed by atoms with Crippen LogP contribution in [0.25, 0.3) is 0 Å². The van der Waals surface area contributed by atoms with Crippen molar-refractivity contribution in [2.75, 3.05) is 18.5 Å². The lowest BCUT2D eigenvalue weighted by Crippen LogP contribution is -2.25. The predicted octanol–water partition coefficient (Wildman–Crippen LogP) is 2.15. The highest BCUT2D eigenvalue weighted by atomic mass is 16.5.